The smallest absolute Gasteiger partial charge is 0.264 e. The molecule has 6 nitrogen and oxygen atoms in total. The Hall–Kier alpha value is -3.71. The Morgan fingerprint density at radius 3 is 2.37 bits per heavy atom. The molecule has 0 aliphatic carbocycles. The Morgan fingerprint density at radius 2 is 1.60 bits per heavy atom. The largest absolute Gasteiger partial charge is 0.322 e. The Kier molecular flexibility index (Phi) is 5.20. The summed E-state index contributed by atoms with van der Waals surface area (Å²) in [7, 11) is -3.84. The maximum atomic E-state index is 12.9. The number of rotatable bonds is 5. The Labute approximate surface area is 174 Å². The van der Waals surface area contributed by atoms with Gasteiger partial charge in [0.1, 0.15) is 4.90 Å². The molecular weight excluding hydrogens is 398 g/mol. The van der Waals surface area contributed by atoms with Crippen molar-refractivity contribution in [2.45, 2.75) is 11.8 Å². The number of amides is 1. The van der Waals surface area contributed by atoms with Crippen LogP contribution < -0.4 is 10.0 Å². The van der Waals surface area contributed by atoms with E-state index in [4.69, 9.17) is 0 Å². The van der Waals surface area contributed by atoms with Gasteiger partial charge >= 0.3 is 0 Å². The number of carbonyl (C=O) groups is 1. The number of hydrogen-bond acceptors (Lipinski definition) is 4. The van der Waals surface area contributed by atoms with E-state index in [0.717, 1.165) is 16.6 Å². The molecule has 4 rings (SSSR count). The second-order valence-electron chi connectivity index (χ2n) is 6.78. The van der Waals surface area contributed by atoms with E-state index in [2.05, 4.69) is 15.0 Å². The van der Waals surface area contributed by atoms with Crippen molar-refractivity contribution in [2.24, 2.45) is 0 Å². The van der Waals surface area contributed by atoms with Crippen LogP contribution in [0.3, 0.4) is 0 Å². The zero-order chi connectivity index (χ0) is 21.1. The van der Waals surface area contributed by atoms with Crippen LogP contribution in [0, 0.1) is 6.92 Å². The van der Waals surface area contributed by atoms with E-state index < -0.39 is 10.0 Å². The third-order valence-electron chi connectivity index (χ3n) is 4.68. The molecule has 1 heterocycles. The van der Waals surface area contributed by atoms with E-state index in [1.54, 1.807) is 42.6 Å². The lowest BCUT2D eigenvalue weighted by Crippen LogP contribution is -2.15. The lowest BCUT2D eigenvalue weighted by Gasteiger charge is -2.11. The summed E-state index contributed by atoms with van der Waals surface area (Å²) in [6.45, 7) is 1.91. The molecule has 0 atom stereocenters. The van der Waals surface area contributed by atoms with Crippen LogP contribution in [-0.2, 0) is 10.0 Å². The van der Waals surface area contributed by atoms with Gasteiger partial charge in [-0.3, -0.25) is 14.5 Å². The van der Waals surface area contributed by atoms with Crippen LogP contribution in [0.25, 0.3) is 10.9 Å². The van der Waals surface area contributed by atoms with Crippen LogP contribution in [-0.4, -0.2) is 19.3 Å². The number of aryl methyl sites for hydroxylation is 1. The van der Waals surface area contributed by atoms with Crippen molar-refractivity contribution >= 4 is 38.2 Å². The Balaban J connectivity index is 1.54. The fraction of sp³-hybridized carbons (Fsp3) is 0.0435. The zero-order valence-corrected chi connectivity index (χ0v) is 17.0. The zero-order valence-electron chi connectivity index (χ0n) is 16.2. The number of para-hydroxylation sites is 2. The summed E-state index contributed by atoms with van der Waals surface area (Å²) >= 11 is 0. The molecule has 7 heteroatoms. The first kappa shape index (κ1) is 19.6. The van der Waals surface area contributed by atoms with Gasteiger partial charge in [0, 0.05) is 28.5 Å². The molecule has 0 fully saturated rings. The van der Waals surface area contributed by atoms with Crippen LogP contribution in [0.15, 0.2) is 90.0 Å². The van der Waals surface area contributed by atoms with E-state index in [0.29, 0.717) is 16.8 Å². The van der Waals surface area contributed by atoms with Crippen molar-refractivity contribution in [3.05, 3.63) is 96.2 Å². The summed E-state index contributed by atoms with van der Waals surface area (Å²) in [6.07, 6.45) is 1.56. The van der Waals surface area contributed by atoms with E-state index in [1.165, 1.54) is 6.07 Å². The first-order valence-corrected chi connectivity index (χ1v) is 10.8. The highest BCUT2D eigenvalue weighted by Crippen LogP contribution is 2.23. The van der Waals surface area contributed by atoms with E-state index >= 15 is 0 Å². The maximum absolute atomic E-state index is 12.9. The summed E-state index contributed by atoms with van der Waals surface area (Å²) in [5, 5.41) is 3.59. The van der Waals surface area contributed by atoms with Crippen LogP contribution in [0.4, 0.5) is 11.4 Å². The standard InChI is InChI=1S/C23H19N3O3S/c1-16-6-2-3-9-20(16)25-23(27)18-11-13-19(14-12-18)26-30(28,29)21-10-4-7-17-8-5-15-24-22(17)21/h2-15,26H,1H3,(H,25,27). The van der Waals surface area contributed by atoms with Crippen LogP contribution in [0.2, 0.25) is 0 Å². The van der Waals surface area contributed by atoms with Crippen molar-refractivity contribution < 1.29 is 13.2 Å². The van der Waals surface area contributed by atoms with Crippen LogP contribution >= 0.6 is 0 Å². The monoisotopic (exact) mass is 417 g/mol. The molecule has 0 aliphatic heterocycles. The normalized spacial score (nSPS) is 11.2. The number of anilines is 2. The van der Waals surface area contributed by atoms with Crippen molar-refractivity contribution in [2.75, 3.05) is 10.0 Å². The summed E-state index contributed by atoms with van der Waals surface area (Å²) in [4.78, 5) is 16.8. The summed E-state index contributed by atoms with van der Waals surface area (Å²) in [5.41, 5.74) is 2.87. The number of pyridine rings is 1. The van der Waals surface area contributed by atoms with Crippen molar-refractivity contribution in [3.8, 4) is 0 Å². The van der Waals surface area contributed by atoms with Gasteiger partial charge in [0.2, 0.25) is 0 Å². The molecule has 0 spiro atoms. The molecule has 0 unspecified atom stereocenters. The quantitative estimate of drug-likeness (QED) is 0.497. The maximum Gasteiger partial charge on any atom is 0.264 e. The topological polar surface area (TPSA) is 88.2 Å². The lowest BCUT2D eigenvalue weighted by atomic mass is 10.1. The fourth-order valence-corrected chi connectivity index (χ4v) is 4.34. The number of sulfonamides is 1. The van der Waals surface area contributed by atoms with Gasteiger partial charge in [-0.05, 0) is 55.0 Å². The molecule has 1 amide bonds. The number of nitrogens with one attached hydrogen (secondary N) is 2. The third kappa shape index (κ3) is 4.01. The van der Waals surface area contributed by atoms with E-state index in [-0.39, 0.29) is 10.8 Å². The van der Waals surface area contributed by atoms with Crippen molar-refractivity contribution in [1.82, 2.24) is 4.98 Å². The first-order chi connectivity index (χ1) is 14.4. The van der Waals surface area contributed by atoms with Gasteiger partial charge in [0.15, 0.2) is 0 Å². The average molecular weight is 417 g/mol. The third-order valence-corrected chi connectivity index (χ3v) is 6.09. The minimum atomic E-state index is -3.84. The second kappa shape index (κ2) is 7.96. The van der Waals surface area contributed by atoms with Crippen molar-refractivity contribution in [3.63, 3.8) is 0 Å². The molecule has 0 bridgehead atoms. The average Bonchev–Trinajstić information content (AvgIpc) is 2.75. The molecule has 1 aromatic heterocycles. The molecule has 4 aromatic rings. The highest BCUT2D eigenvalue weighted by molar-refractivity contribution is 7.93. The minimum Gasteiger partial charge on any atom is -0.322 e. The van der Waals surface area contributed by atoms with Crippen LogP contribution in [0.1, 0.15) is 15.9 Å². The molecule has 0 saturated carbocycles. The highest BCUT2D eigenvalue weighted by atomic mass is 32.2. The van der Waals surface area contributed by atoms with Gasteiger partial charge in [-0.1, -0.05) is 36.4 Å². The number of benzene rings is 3. The summed E-state index contributed by atoms with van der Waals surface area (Å²) < 4.78 is 28.3. The van der Waals surface area contributed by atoms with Crippen molar-refractivity contribution in [1.29, 1.82) is 0 Å². The lowest BCUT2D eigenvalue weighted by molar-refractivity contribution is 0.102. The highest BCUT2D eigenvalue weighted by Gasteiger charge is 2.18. The summed E-state index contributed by atoms with van der Waals surface area (Å²) in [5.74, 6) is -0.267. The Bertz CT molecular complexity index is 1330. The molecule has 0 aliphatic rings. The Morgan fingerprint density at radius 1 is 0.867 bits per heavy atom. The number of fused-ring (bicyclic) bond motifs is 1. The predicted octanol–water partition coefficient (Wildman–Crippen LogP) is 4.60. The second-order valence-corrected chi connectivity index (χ2v) is 8.43. The van der Waals surface area contributed by atoms with E-state index in [9.17, 15) is 13.2 Å². The fourth-order valence-electron chi connectivity index (χ4n) is 3.10. The number of nitrogens with zero attached hydrogens (tertiary/aromatic N) is 1. The number of aromatic nitrogens is 1. The van der Waals surface area contributed by atoms with Gasteiger partial charge in [0.25, 0.3) is 15.9 Å². The molecule has 0 saturated heterocycles. The van der Waals surface area contributed by atoms with Crippen LogP contribution in [0.5, 0.6) is 0 Å². The molecular formula is C23H19N3O3S. The molecule has 2 N–H and O–H groups in total. The van der Waals surface area contributed by atoms with E-state index in [1.807, 2.05) is 43.3 Å². The van der Waals surface area contributed by atoms with Gasteiger partial charge in [-0.2, -0.15) is 0 Å². The molecule has 150 valence electrons. The van der Waals surface area contributed by atoms with Gasteiger partial charge in [0.05, 0.1) is 5.52 Å². The number of carbonyl (C=O) groups excluding carboxylic acids is 1. The first-order valence-electron chi connectivity index (χ1n) is 9.28. The summed E-state index contributed by atoms with van der Waals surface area (Å²) in [6, 6.07) is 22.3. The molecule has 3 aromatic carbocycles. The van der Waals surface area contributed by atoms with Gasteiger partial charge in [-0.25, -0.2) is 8.42 Å². The molecule has 0 radical (unpaired) electrons. The predicted molar refractivity (Wildman–Crippen MR) is 118 cm³/mol. The SMILES string of the molecule is Cc1ccccc1NC(=O)c1ccc(NS(=O)(=O)c2cccc3cccnc23)cc1. The number of hydrogen-bond donors (Lipinski definition) is 2. The minimum absolute atomic E-state index is 0.0990. The van der Waals surface area contributed by atoms with Gasteiger partial charge < -0.3 is 5.32 Å². The molecule has 30 heavy (non-hydrogen) atoms. The van der Waals surface area contributed by atoms with Gasteiger partial charge in [-0.15, -0.1) is 0 Å².